The molecule has 0 unspecified atom stereocenters. The minimum Gasteiger partial charge on any atom is -0.493 e. The summed E-state index contributed by atoms with van der Waals surface area (Å²) >= 11 is 0. The molecule has 0 aliphatic carbocycles. The maximum absolute atomic E-state index is 9.39. The smallest absolute Gasteiger partial charge is 0.228 e. The number of aromatic nitrogens is 5. The highest BCUT2D eigenvalue weighted by Gasteiger charge is 2.04. The Labute approximate surface area is 114 Å². The summed E-state index contributed by atoms with van der Waals surface area (Å²) in [6, 6.07) is 6.77. The van der Waals surface area contributed by atoms with Gasteiger partial charge in [0.1, 0.15) is 12.1 Å². The van der Waals surface area contributed by atoms with Crippen LogP contribution in [-0.4, -0.2) is 30.0 Å². The van der Waals surface area contributed by atoms with E-state index in [1.165, 1.54) is 18.6 Å². The molecule has 7 nitrogen and oxygen atoms in total. The predicted octanol–water partition coefficient (Wildman–Crippen LogP) is 1.78. The average molecular weight is 266 g/mol. The molecule has 0 bridgehead atoms. The second-order valence-corrected chi connectivity index (χ2v) is 3.89. The van der Waals surface area contributed by atoms with E-state index >= 15 is 0 Å². The zero-order chi connectivity index (χ0) is 13.8. The lowest BCUT2D eigenvalue weighted by molar-refractivity contribution is 0.454. The summed E-state index contributed by atoms with van der Waals surface area (Å²) in [5, 5.41) is 12.4. The van der Waals surface area contributed by atoms with Crippen molar-refractivity contribution in [3.05, 3.63) is 49.2 Å². The number of hydrogen-bond donors (Lipinski definition) is 2. The van der Waals surface area contributed by atoms with E-state index in [1.807, 2.05) is 0 Å². The van der Waals surface area contributed by atoms with E-state index < -0.39 is 0 Å². The molecule has 0 amide bonds. The van der Waals surface area contributed by atoms with Crippen molar-refractivity contribution in [2.75, 3.05) is 5.32 Å². The lowest BCUT2D eigenvalue weighted by Crippen LogP contribution is -1.99. The lowest BCUT2D eigenvalue weighted by Gasteiger charge is -2.05. The quantitative estimate of drug-likeness (QED) is 0.745. The van der Waals surface area contributed by atoms with Crippen LogP contribution >= 0.6 is 0 Å². The maximum atomic E-state index is 9.39. The van der Waals surface area contributed by atoms with Gasteiger partial charge in [-0.25, -0.2) is 24.9 Å². The Morgan fingerprint density at radius 3 is 2.65 bits per heavy atom. The largest absolute Gasteiger partial charge is 0.493 e. The van der Waals surface area contributed by atoms with Crippen LogP contribution in [0.4, 0.5) is 11.8 Å². The lowest BCUT2D eigenvalue weighted by atomic mass is 10.2. The summed E-state index contributed by atoms with van der Waals surface area (Å²) < 4.78 is 0. The van der Waals surface area contributed by atoms with Gasteiger partial charge in [-0.15, -0.1) is 0 Å². The highest BCUT2D eigenvalue weighted by molar-refractivity contribution is 5.61. The summed E-state index contributed by atoms with van der Waals surface area (Å²) in [5.74, 6) is 0.971. The van der Waals surface area contributed by atoms with E-state index in [1.54, 1.807) is 30.6 Å². The Balaban J connectivity index is 1.90. The fourth-order valence-corrected chi connectivity index (χ4v) is 1.64. The SMILES string of the molecule is Oc1cc(-c2ccnc(Nc3ccncn3)n2)ccn1. The van der Waals surface area contributed by atoms with Crippen molar-refractivity contribution >= 4 is 11.8 Å². The number of pyridine rings is 1. The van der Waals surface area contributed by atoms with Gasteiger partial charge in [0, 0.05) is 30.2 Å². The molecule has 0 atom stereocenters. The van der Waals surface area contributed by atoms with Crippen LogP contribution in [-0.2, 0) is 0 Å². The first-order valence-corrected chi connectivity index (χ1v) is 5.83. The highest BCUT2D eigenvalue weighted by atomic mass is 16.3. The molecule has 3 aromatic heterocycles. The summed E-state index contributed by atoms with van der Waals surface area (Å²) in [6.45, 7) is 0. The predicted molar refractivity (Wildman–Crippen MR) is 72.2 cm³/mol. The monoisotopic (exact) mass is 266 g/mol. The van der Waals surface area contributed by atoms with Gasteiger partial charge in [0.05, 0.1) is 5.69 Å². The van der Waals surface area contributed by atoms with Gasteiger partial charge in [0.25, 0.3) is 0 Å². The van der Waals surface area contributed by atoms with E-state index in [0.717, 1.165) is 5.56 Å². The Kier molecular flexibility index (Phi) is 3.15. The standard InChI is InChI=1S/C13H10N6O/c20-12-7-9(1-5-15-12)10-2-6-16-13(18-10)19-11-3-4-14-8-17-11/h1-8H,(H,15,20)(H,14,16,17,18,19). The molecule has 7 heteroatoms. The molecule has 20 heavy (non-hydrogen) atoms. The molecular weight excluding hydrogens is 256 g/mol. The zero-order valence-corrected chi connectivity index (χ0v) is 10.3. The molecule has 0 radical (unpaired) electrons. The molecule has 0 fully saturated rings. The molecule has 0 aliphatic heterocycles. The number of nitrogens with zero attached hydrogens (tertiary/aromatic N) is 5. The van der Waals surface area contributed by atoms with E-state index in [0.29, 0.717) is 17.5 Å². The van der Waals surface area contributed by atoms with Crippen LogP contribution in [0.15, 0.2) is 49.2 Å². The first kappa shape index (κ1) is 12.0. The maximum Gasteiger partial charge on any atom is 0.228 e. The number of nitrogens with one attached hydrogen (secondary N) is 1. The summed E-state index contributed by atoms with van der Waals surface area (Å²) in [5.41, 5.74) is 1.43. The van der Waals surface area contributed by atoms with Crippen LogP contribution < -0.4 is 5.32 Å². The number of aromatic hydroxyl groups is 1. The van der Waals surface area contributed by atoms with E-state index in [-0.39, 0.29) is 5.88 Å². The van der Waals surface area contributed by atoms with Crippen LogP contribution in [0, 0.1) is 0 Å². The van der Waals surface area contributed by atoms with Crippen molar-refractivity contribution in [1.82, 2.24) is 24.9 Å². The normalized spacial score (nSPS) is 10.2. The molecule has 3 aromatic rings. The molecule has 0 aliphatic rings. The van der Waals surface area contributed by atoms with Crippen LogP contribution in [0.25, 0.3) is 11.3 Å². The fraction of sp³-hybridized carbons (Fsp3) is 0. The third kappa shape index (κ3) is 2.66. The third-order valence-electron chi connectivity index (χ3n) is 2.52. The zero-order valence-electron chi connectivity index (χ0n) is 10.3. The minimum atomic E-state index is -0.0496. The fourth-order valence-electron chi connectivity index (χ4n) is 1.64. The Morgan fingerprint density at radius 1 is 0.950 bits per heavy atom. The van der Waals surface area contributed by atoms with Gasteiger partial charge >= 0.3 is 0 Å². The molecule has 98 valence electrons. The van der Waals surface area contributed by atoms with E-state index in [4.69, 9.17) is 0 Å². The van der Waals surface area contributed by atoms with Crippen LogP contribution in [0.1, 0.15) is 0 Å². The van der Waals surface area contributed by atoms with Crippen molar-refractivity contribution in [1.29, 1.82) is 0 Å². The number of hydrogen-bond acceptors (Lipinski definition) is 7. The summed E-state index contributed by atoms with van der Waals surface area (Å²) in [4.78, 5) is 20.1. The van der Waals surface area contributed by atoms with E-state index in [2.05, 4.69) is 30.2 Å². The van der Waals surface area contributed by atoms with Gasteiger partial charge < -0.3 is 10.4 Å². The second-order valence-electron chi connectivity index (χ2n) is 3.89. The molecule has 0 spiro atoms. The Bertz CT molecular complexity index is 719. The van der Waals surface area contributed by atoms with Crippen molar-refractivity contribution in [2.45, 2.75) is 0 Å². The first-order valence-electron chi connectivity index (χ1n) is 5.83. The third-order valence-corrected chi connectivity index (χ3v) is 2.52. The molecular formula is C13H10N6O. The minimum absolute atomic E-state index is 0.0496. The van der Waals surface area contributed by atoms with Gasteiger partial charge in [0.15, 0.2) is 0 Å². The number of rotatable bonds is 3. The van der Waals surface area contributed by atoms with Gasteiger partial charge in [-0.2, -0.15) is 0 Å². The van der Waals surface area contributed by atoms with Gasteiger partial charge in [-0.3, -0.25) is 0 Å². The van der Waals surface area contributed by atoms with Gasteiger partial charge in [0.2, 0.25) is 11.8 Å². The summed E-state index contributed by atoms with van der Waals surface area (Å²) in [7, 11) is 0. The highest BCUT2D eigenvalue weighted by Crippen LogP contribution is 2.20. The van der Waals surface area contributed by atoms with Crippen LogP contribution in [0.5, 0.6) is 5.88 Å². The van der Waals surface area contributed by atoms with Crippen molar-refractivity contribution < 1.29 is 5.11 Å². The van der Waals surface area contributed by atoms with E-state index in [9.17, 15) is 5.11 Å². The topological polar surface area (TPSA) is 96.7 Å². The molecule has 2 N–H and O–H groups in total. The Hall–Kier alpha value is -3.09. The Morgan fingerprint density at radius 2 is 1.85 bits per heavy atom. The average Bonchev–Trinajstić information content (AvgIpc) is 2.49. The van der Waals surface area contributed by atoms with Gasteiger partial charge in [-0.05, 0) is 18.2 Å². The van der Waals surface area contributed by atoms with Crippen LogP contribution in [0.2, 0.25) is 0 Å². The summed E-state index contributed by atoms with van der Waals surface area (Å²) in [6.07, 6.45) is 6.21. The van der Waals surface area contributed by atoms with Crippen molar-refractivity contribution in [2.24, 2.45) is 0 Å². The van der Waals surface area contributed by atoms with Crippen molar-refractivity contribution in [3.8, 4) is 17.1 Å². The van der Waals surface area contributed by atoms with Gasteiger partial charge in [-0.1, -0.05) is 0 Å². The molecule has 0 saturated heterocycles. The first-order chi connectivity index (χ1) is 9.81. The molecule has 3 rings (SSSR count). The second kappa shape index (κ2) is 5.27. The van der Waals surface area contributed by atoms with Crippen molar-refractivity contribution in [3.63, 3.8) is 0 Å². The number of anilines is 2. The molecule has 0 aromatic carbocycles. The molecule has 0 saturated carbocycles. The van der Waals surface area contributed by atoms with Crippen LogP contribution in [0.3, 0.4) is 0 Å². The molecule has 3 heterocycles.